The third-order valence-electron chi connectivity index (χ3n) is 4.92. The summed E-state index contributed by atoms with van der Waals surface area (Å²) in [6.45, 7) is 3.64. The van der Waals surface area contributed by atoms with Crippen LogP contribution in [0.4, 0.5) is 5.69 Å². The van der Waals surface area contributed by atoms with Gasteiger partial charge in [-0.05, 0) is 80.1 Å². The number of hydrogen-bond acceptors (Lipinski definition) is 7. The SMILES string of the molecule is CCOc1ccc(N(CC(=O)N/N=C\c2ccc(OCC#N)cc2)S(=O)(=O)c2ccc(C)cc2)cc1. The van der Waals surface area contributed by atoms with E-state index in [1.807, 2.05) is 19.9 Å². The van der Waals surface area contributed by atoms with Crippen LogP contribution in [0.1, 0.15) is 18.1 Å². The van der Waals surface area contributed by atoms with Gasteiger partial charge in [0.2, 0.25) is 0 Å². The van der Waals surface area contributed by atoms with E-state index in [1.165, 1.54) is 18.3 Å². The van der Waals surface area contributed by atoms with Gasteiger partial charge in [0, 0.05) is 0 Å². The molecule has 3 aromatic carbocycles. The van der Waals surface area contributed by atoms with E-state index < -0.39 is 22.5 Å². The van der Waals surface area contributed by atoms with Crippen molar-refractivity contribution in [3.63, 3.8) is 0 Å². The molecule has 0 fully saturated rings. The van der Waals surface area contributed by atoms with Crippen molar-refractivity contribution in [2.75, 3.05) is 24.1 Å². The molecule has 10 heteroatoms. The molecule has 0 bridgehead atoms. The molecule has 3 aromatic rings. The molecule has 186 valence electrons. The second-order valence-electron chi connectivity index (χ2n) is 7.56. The lowest BCUT2D eigenvalue weighted by Crippen LogP contribution is -2.39. The van der Waals surface area contributed by atoms with Gasteiger partial charge in [-0.3, -0.25) is 9.10 Å². The van der Waals surface area contributed by atoms with Gasteiger partial charge in [-0.2, -0.15) is 10.4 Å². The molecule has 0 aliphatic carbocycles. The van der Waals surface area contributed by atoms with Crippen molar-refractivity contribution in [1.29, 1.82) is 5.26 Å². The summed E-state index contributed by atoms with van der Waals surface area (Å²) in [5.41, 5.74) is 4.27. The fourth-order valence-electron chi connectivity index (χ4n) is 3.14. The Balaban J connectivity index is 1.77. The lowest BCUT2D eigenvalue weighted by Gasteiger charge is -2.24. The van der Waals surface area contributed by atoms with E-state index in [0.717, 1.165) is 9.87 Å². The number of aryl methyl sites for hydroxylation is 1. The monoisotopic (exact) mass is 506 g/mol. The normalized spacial score (nSPS) is 11.0. The summed E-state index contributed by atoms with van der Waals surface area (Å²) < 4.78 is 38.5. The first-order valence-corrected chi connectivity index (χ1v) is 12.5. The van der Waals surface area contributed by atoms with Crippen LogP contribution < -0.4 is 19.2 Å². The molecule has 0 radical (unpaired) electrons. The predicted octanol–water partition coefficient (Wildman–Crippen LogP) is 3.64. The maximum Gasteiger partial charge on any atom is 0.264 e. The Kier molecular flexibility index (Phi) is 9.02. The van der Waals surface area contributed by atoms with Crippen molar-refractivity contribution >= 4 is 27.8 Å². The van der Waals surface area contributed by atoms with E-state index in [0.29, 0.717) is 29.4 Å². The minimum absolute atomic E-state index is 0.0557. The Labute approximate surface area is 210 Å². The number of carbonyl (C=O) groups excluding carboxylic acids is 1. The molecule has 36 heavy (non-hydrogen) atoms. The number of nitrogens with zero attached hydrogens (tertiary/aromatic N) is 3. The van der Waals surface area contributed by atoms with E-state index in [4.69, 9.17) is 14.7 Å². The average Bonchev–Trinajstić information content (AvgIpc) is 2.88. The maximum atomic E-state index is 13.4. The third kappa shape index (κ3) is 7.07. The van der Waals surface area contributed by atoms with Gasteiger partial charge in [-0.1, -0.05) is 17.7 Å². The number of amides is 1. The topological polar surface area (TPSA) is 121 Å². The van der Waals surface area contributed by atoms with Crippen molar-refractivity contribution < 1.29 is 22.7 Å². The molecule has 0 unspecified atom stereocenters. The van der Waals surface area contributed by atoms with Crippen LogP contribution in [0.3, 0.4) is 0 Å². The highest BCUT2D eigenvalue weighted by molar-refractivity contribution is 7.92. The fourth-order valence-corrected chi connectivity index (χ4v) is 4.56. The van der Waals surface area contributed by atoms with Crippen LogP contribution >= 0.6 is 0 Å². The summed E-state index contributed by atoms with van der Waals surface area (Å²) in [5.74, 6) is 0.502. The van der Waals surface area contributed by atoms with Crippen LogP contribution in [-0.2, 0) is 14.8 Å². The summed E-state index contributed by atoms with van der Waals surface area (Å²) in [7, 11) is -4.04. The number of benzene rings is 3. The quantitative estimate of drug-likeness (QED) is 0.313. The zero-order valence-corrected chi connectivity index (χ0v) is 20.7. The number of ether oxygens (including phenoxy) is 2. The summed E-state index contributed by atoms with van der Waals surface area (Å²) >= 11 is 0. The Morgan fingerprint density at radius 1 is 1.00 bits per heavy atom. The molecule has 1 amide bonds. The second kappa shape index (κ2) is 12.4. The first-order valence-electron chi connectivity index (χ1n) is 11.1. The second-order valence-corrected chi connectivity index (χ2v) is 9.42. The van der Waals surface area contributed by atoms with Crippen molar-refractivity contribution in [3.05, 3.63) is 83.9 Å². The van der Waals surface area contributed by atoms with Crippen LogP contribution in [0.25, 0.3) is 0 Å². The van der Waals surface area contributed by atoms with Gasteiger partial charge >= 0.3 is 0 Å². The minimum Gasteiger partial charge on any atom is -0.494 e. The maximum absolute atomic E-state index is 13.4. The highest BCUT2D eigenvalue weighted by Crippen LogP contribution is 2.26. The number of hydrazone groups is 1. The molecule has 3 rings (SSSR count). The minimum atomic E-state index is -4.04. The molecule has 9 nitrogen and oxygen atoms in total. The highest BCUT2D eigenvalue weighted by atomic mass is 32.2. The van der Waals surface area contributed by atoms with Crippen LogP contribution in [0.15, 0.2) is 82.8 Å². The number of carbonyl (C=O) groups is 1. The summed E-state index contributed by atoms with van der Waals surface area (Å²) in [6, 6.07) is 21.5. The highest BCUT2D eigenvalue weighted by Gasteiger charge is 2.27. The average molecular weight is 507 g/mol. The summed E-state index contributed by atoms with van der Waals surface area (Å²) in [6.07, 6.45) is 1.42. The summed E-state index contributed by atoms with van der Waals surface area (Å²) in [4.78, 5) is 12.8. The smallest absolute Gasteiger partial charge is 0.264 e. The molecule has 0 heterocycles. The van der Waals surface area contributed by atoms with Crippen LogP contribution in [-0.4, -0.2) is 40.3 Å². The molecule has 0 aliphatic rings. The first kappa shape index (κ1) is 26.2. The number of anilines is 1. The number of nitriles is 1. The van der Waals surface area contributed by atoms with Crippen LogP contribution in [0, 0.1) is 18.3 Å². The molecule has 0 saturated carbocycles. The lowest BCUT2D eigenvalue weighted by molar-refractivity contribution is -0.119. The molecule has 0 atom stereocenters. The standard InChI is InChI=1S/C26H26N4O5S/c1-3-34-23-12-8-22(9-13-23)30(36(32,33)25-14-4-20(2)5-15-25)19-26(31)29-28-18-21-6-10-24(11-7-21)35-17-16-27/h4-15,18H,3,17,19H2,1-2H3,(H,29,31)/b28-18-. The van der Waals surface area contributed by atoms with Gasteiger partial charge in [-0.25, -0.2) is 13.8 Å². The molecule has 1 N–H and O–H groups in total. The van der Waals surface area contributed by atoms with Gasteiger partial charge in [0.25, 0.3) is 15.9 Å². The zero-order valence-electron chi connectivity index (χ0n) is 19.9. The molecule has 0 saturated heterocycles. The molecule has 0 aliphatic heterocycles. The van der Waals surface area contributed by atoms with E-state index in [9.17, 15) is 13.2 Å². The molecule has 0 aromatic heterocycles. The van der Waals surface area contributed by atoms with E-state index in [-0.39, 0.29) is 11.5 Å². The van der Waals surface area contributed by atoms with Crippen LogP contribution in [0.2, 0.25) is 0 Å². The van der Waals surface area contributed by atoms with E-state index in [2.05, 4.69) is 10.5 Å². The van der Waals surface area contributed by atoms with Gasteiger partial charge in [0.15, 0.2) is 6.61 Å². The van der Waals surface area contributed by atoms with Crippen LogP contribution in [0.5, 0.6) is 11.5 Å². The third-order valence-corrected chi connectivity index (χ3v) is 6.71. The lowest BCUT2D eigenvalue weighted by atomic mass is 10.2. The fraction of sp³-hybridized carbons (Fsp3) is 0.192. The predicted molar refractivity (Wildman–Crippen MR) is 137 cm³/mol. The van der Waals surface area contributed by atoms with Gasteiger partial charge in [0.05, 0.1) is 23.4 Å². The van der Waals surface area contributed by atoms with Crippen molar-refractivity contribution in [3.8, 4) is 17.6 Å². The largest absolute Gasteiger partial charge is 0.494 e. The van der Waals surface area contributed by atoms with Gasteiger partial charge in [0.1, 0.15) is 24.1 Å². The Morgan fingerprint density at radius 3 is 2.22 bits per heavy atom. The number of sulfonamides is 1. The first-order chi connectivity index (χ1) is 17.3. The summed E-state index contributed by atoms with van der Waals surface area (Å²) in [5, 5.41) is 12.5. The molecular weight excluding hydrogens is 480 g/mol. The number of rotatable bonds is 11. The molecular formula is C26H26N4O5S. The van der Waals surface area contributed by atoms with E-state index >= 15 is 0 Å². The van der Waals surface area contributed by atoms with Crippen molar-refractivity contribution in [2.45, 2.75) is 18.7 Å². The molecule has 0 spiro atoms. The van der Waals surface area contributed by atoms with Crippen molar-refractivity contribution in [2.24, 2.45) is 5.10 Å². The Bertz CT molecular complexity index is 1330. The number of nitrogens with one attached hydrogen (secondary N) is 1. The number of hydrogen-bond donors (Lipinski definition) is 1. The van der Waals surface area contributed by atoms with Gasteiger partial charge < -0.3 is 9.47 Å². The Hall–Kier alpha value is -4.36. The van der Waals surface area contributed by atoms with Crippen molar-refractivity contribution in [1.82, 2.24) is 5.43 Å². The zero-order chi connectivity index (χ0) is 26.0. The van der Waals surface area contributed by atoms with Gasteiger partial charge in [-0.15, -0.1) is 0 Å². The Morgan fingerprint density at radius 2 is 1.61 bits per heavy atom. The van der Waals surface area contributed by atoms with E-state index in [1.54, 1.807) is 60.7 Å².